The molecular weight excluding hydrogens is 461 g/mol. The Morgan fingerprint density at radius 3 is 2.85 bits per heavy atom. The Labute approximate surface area is 201 Å². The quantitative estimate of drug-likeness (QED) is 0.343. The first kappa shape index (κ1) is 23.9. The van der Waals surface area contributed by atoms with Gasteiger partial charge in [0, 0.05) is 37.5 Å². The van der Waals surface area contributed by atoms with Crippen molar-refractivity contribution in [2.24, 2.45) is 0 Å². The molecule has 8 nitrogen and oxygen atoms in total. The molecule has 2 N–H and O–H groups in total. The minimum absolute atomic E-state index is 0.0173. The molecule has 2 aromatic carbocycles. The second-order valence-corrected chi connectivity index (χ2v) is 8.10. The highest BCUT2D eigenvalue weighted by Gasteiger charge is 2.15. The van der Waals surface area contributed by atoms with Crippen LogP contribution in [0.25, 0.3) is 10.9 Å². The standard InChI is InChI=1S/C24H25ClFN5O3/c1-2-22(32)30-21-14-17(34-9-3-6-31-7-10-33-11-8-31)13-20-23(21)24(28-15-27-20)29-16-4-5-19(26)18(25)12-16/h2,4-5,12-15H,1,3,6-11H2,(H,30,32)(H,27,28,29). The van der Waals surface area contributed by atoms with Gasteiger partial charge in [-0.1, -0.05) is 18.2 Å². The van der Waals surface area contributed by atoms with Crippen molar-refractivity contribution in [1.29, 1.82) is 0 Å². The molecule has 0 atom stereocenters. The minimum atomic E-state index is -0.519. The molecule has 3 aromatic rings. The number of carbonyl (C=O) groups is 1. The summed E-state index contributed by atoms with van der Waals surface area (Å²) in [5, 5.41) is 6.47. The maximum Gasteiger partial charge on any atom is 0.247 e. The van der Waals surface area contributed by atoms with Gasteiger partial charge in [0.25, 0.3) is 0 Å². The number of amides is 1. The maximum absolute atomic E-state index is 13.6. The number of benzene rings is 2. The SMILES string of the molecule is C=CC(=O)Nc1cc(OCCCN2CCOCC2)cc2ncnc(Nc3ccc(F)c(Cl)c3)c12. The highest BCUT2D eigenvalue weighted by molar-refractivity contribution is 6.31. The summed E-state index contributed by atoms with van der Waals surface area (Å²) in [7, 11) is 0. The normalized spacial score (nSPS) is 14.1. The lowest BCUT2D eigenvalue weighted by Gasteiger charge is -2.26. The number of halogens is 2. The number of hydrogen-bond donors (Lipinski definition) is 2. The van der Waals surface area contributed by atoms with Crippen molar-refractivity contribution in [3.05, 3.63) is 60.2 Å². The molecule has 1 fully saturated rings. The van der Waals surface area contributed by atoms with Gasteiger partial charge in [-0.05, 0) is 30.7 Å². The summed E-state index contributed by atoms with van der Waals surface area (Å²) < 4.78 is 24.9. The maximum atomic E-state index is 13.6. The van der Waals surface area contributed by atoms with Crippen LogP contribution in [0.2, 0.25) is 5.02 Å². The van der Waals surface area contributed by atoms with Gasteiger partial charge in [-0.2, -0.15) is 0 Å². The van der Waals surface area contributed by atoms with Gasteiger partial charge in [-0.3, -0.25) is 9.69 Å². The number of aromatic nitrogens is 2. The third kappa shape index (κ3) is 5.99. The Bertz CT molecular complexity index is 1190. The molecule has 0 radical (unpaired) electrons. The van der Waals surface area contributed by atoms with Crippen LogP contribution in [-0.2, 0) is 9.53 Å². The number of anilines is 3. The number of carbonyl (C=O) groups excluding carboxylic acids is 1. The fourth-order valence-electron chi connectivity index (χ4n) is 3.64. The predicted octanol–water partition coefficient (Wildman–Crippen LogP) is 4.39. The minimum Gasteiger partial charge on any atom is -0.493 e. The topological polar surface area (TPSA) is 88.6 Å². The first-order chi connectivity index (χ1) is 16.5. The molecular formula is C24H25ClFN5O3. The van der Waals surface area contributed by atoms with Crippen LogP contribution in [0.4, 0.5) is 21.6 Å². The van der Waals surface area contributed by atoms with Crippen LogP contribution in [-0.4, -0.2) is 60.2 Å². The van der Waals surface area contributed by atoms with Gasteiger partial charge in [0.15, 0.2) is 0 Å². The monoisotopic (exact) mass is 485 g/mol. The van der Waals surface area contributed by atoms with Crippen molar-refractivity contribution in [3.8, 4) is 5.75 Å². The first-order valence-corrected chi connectivity index (χ1v) is 11.3. The largest absolute Gasteiger partial charge is 0.493 e. The van der Waals surface area contributed by atoms with Gasteiger partial charge >= 0.3 is 0 Å². The van der Waals surface area contributed by atoms with E-state index in [1.807, 2.05) is 0 Å². The summed E-state index contributed by atoms with van der Waals surface area (Å²) in [6.07, 6.45) is 3.43. The third-order valence-electron chi connectivity index (χ3n) is 5.33. The number of fused-ring (bicyclic) bond motifs is 1. The molecule has 0 bridgehead atoms. The molecule has 1 amide bonds. The van der Waals surface area contributed by atoms with Crippen molar-refractivity contribution in [3.63, 3.8) is 0 Å². The molecule has 0 spiro atoms. The molecule has 1 aromatic heterocycles. The average molecular weight is 486 g/mol. The molecule has 0 unspecified atom stereocenters. The van der Waals surface area contributed by atoms with E-state index in [0.29, 0.717) is 40.5 Å². The second-order valence-electron chi connectivity index (χ2n) is 7.69. The Morgan fingerprint density at radius 1 is 1.26 bits per heavy atom. The highest BCUT2D eigenvalue weighted by atomic mass is 35.5. The summed E-state index contributed by atoms with van der Waals surface area (Å²) in [6, 6.07) is 7.78. The van der Waals surface area contributed by atoms with E-state index in [-0.39, 0.29) is 10.9 Å². The van der Waals surface area contributed by atoms with Gasteiger partial charge < -0.3 is 20.1 Å². The Balaban J connectivity index is 1.57. The summed E-state index contributed by atoms with van der Waals surface area (Å²) in [5.74, 6) is 0.0914. The van der Waals surface area contributed by atoms with Gasteiger partial charge in [0.2, 0.25) is 5.91 Å². The summed E-state index contributed by atoms with van der Waals surface area (Å²) in [4.78, 5) is 23.1. The molecule has 178 valence electrons. The first-order valence-electron chi connectivity index (χ1n) is 10.9. The van der Waals surface area contributed by atoms with Crippen LogP contribution in [0.1, 0.15) is 6.42 Å². The van der Waals surface area contributed by atoms with Crippen LogP contribution in [0.15, 0.2) is 49.3 Å². The van der Waals surface area contributed by atoms with Crippen molar-refractivity contribution in [1.82, 2.24) is 14.9 Å². The van der Waals surface area contributed by atoms with E-state index in [9.17, 15) is 9.18 Å². The van der Waals surface area contributed by atoms with Gasteiger partial charge in [-0.15, -0.1) is 0 Å². The zero-order chi connectivity index (χ0) is 23.9. The molecule has 1 saturated heterocycles. The van der Waals surface area contributed by atoms with E-state index < -0.39 is 5.82 Å². The number of rotatable bonds is 9. The highest BCUT2D eigenvalue weighted by Crippen LogP contribution is 2.34. The number of nitrogens with zero attached hydrogens (tertiary/aromatic N) is 3. The van der Waals surface area contributed by atoms with Crippen LogP contribution < -0.4 is 15.4 Å². The fourth-order valence-corrected chi connectivity index (χ4v) is 3.82. The zero-order valence-electron chi connectivity index (χ0n) is 18.5. The van der Waals surface area contributed by atoms with E-state index in [1.165, 1.54) is 24.5 Å². The number of morpholine rings is 1. The summed E-state index contributed by atoms with van der Waals surface area (Å²) in [6.45, 7) is 8.34. The average Bonchev–Trinajstić information content (AvgIpc) is 2.84. The lowest BCUT2D eigenvalue weighted by Crippen LogP contribution is -2.37. The molecule has 2 heterocycles. The van der Waals surface area contributed by atoms with E-state index in [0.717, 1.165) is 39.3 Å². The molecule has 1 aliphatic heterocycles. The Morgan fingerprint density at radius 2 is 2.09 bits per heavy atom. The van der Waals surface area contributed by atoms with Crippen LogP contribution in [0, 0.1) is 5.82 Å². The van der Waals surface area contributed by atoms with E-state index in [1.54, 1.807) is 18.2 Å². The molecule has 0 aliphatic carbocycles. The van der Waals surface area contributed by atoms with Crippen molar-refractivity contribution in [2.75, 3.05) is 50.1 Å². The Hall–Kier alpha value is -3.27. The van der Waals surface area contributed by atoms with Gasteiger partial charge in [-0.25, -0.2) is 14.4 Å². The number of hydrogen-bond acceptors (Lipinski definition) is 7. The summed E-state index contributed by atoms with van der Waals surface area (Å²) >= 11 is 5.91. The van der Waals surface area contributed by atoms with Crippen molar-refractivity contribution in [2.45, 2.75) is 6.42 Å². The van der Waals surface area contributed by atoms with Crippen molar-refractivity contribution < 1.29 is 18.7 Å². The molecule has 10 heteroatoms. The predicted molar refractivity (Wildman–Crippen MR) is 130 cm³/mol. The third-order valence-corrected chi connectivity index (χ3v) is 5.62. The van der Waals surface area contributed by atoms with E-state index >= 15 is 0 Å². The lowest BCUT2D eigenvalue weighted by molar-refractivity contribution is -0.111. The van der Waals surface area contributed by atoms with Crippen molar-refractivity contribution >= 4 is 45.6 Å². The van der Waals surface area contributed by atoms with Gasteiger partial charge in [0.1, 0.15) is 23.7 Å². The smallest absolute Gasteiger partial charge is 0.247 e. The zero-order valence-corrected chi connectivity index (χ0v) is 19.3. The van der Waals surface area contributed by atoms with Gasteiger partial charge in [0.05, 0.1) is 41.4 Å². The molecule has 4 rings (SSSR count). The van der Waals surface area contributed by atoms with Crippen LogP contribution in [0.5, 0.6) is 5.75 Å². The fraction of sp³-hybridized carbons (Fsp3) is 0.292. The molecule has 34 heavy (non-hydrogen) atoms. The van der Waals surface area contributed by atoms with E-state index in [4.69, 9.17) is 21.1 Å². The van der Waals surface area contributed by atoms with Crippen LogP contribution in [0.3, 0.4) is 0 Å². The lowest BCUT2D eigenvalue weighted by atomic mass is 10.1. The number of ether oxygens (including phenoxy) is 2. The van der Waals surface area contributed by atoms with Crippen LogP contribution >= 0.6 is 11.6 Å². The molecule has 1 aliphatic rings. The second kappa shape index (κ2) is 11.2. The van der Waals surface area contributed by atoms with E-state index in [2.05, 4.69) is 32.1 Å². The summed E-state index contributed by atoms with van der Waals surface area (Å²) in [5.41, 5.74) is 1.56. The Kier molecular flexibility index (Phi) is 7.89. The number of nitrogens with one attached hydrogen (secondary N) is 2. The molecule has 0 saturated carbocycles.